The van der Waals surface area contributed by atoms with Crippen molar-refractivity contribution in [3.05, 3.63) is 11.4 Å². The molecule has 0 spiro atoms. The molecule has 1 aliphatic heterocycles. The molecule has 1 aromatic rings. The summed E-state index contributed by atoms with van der Waals surface area (Å²) >= 11 is 0. The second-order valence-electron chi connectivity index (χ2n) is 6.46. The smallest absolute Gasteiger partial charge is 0.0900 e. The number of hydrogen-bond donors (Lipinski definition) is 1. The molecule has 1 fully saturated rings. The maximum atomic E-state index is 10.00. The third kappa shape index (κ3) is 3.27. The van der Waals surface area contributed by atoms with Crippen LogP contribution in [0.25, 0.3) is 0 Å². The van der Waals surface area contributed by atoms with E-state index in [4.69, 9.17) is 4.74 Å². The molecule has 6 nitrogen and oxygen atoms in total. The molecule has 1 aromatic heterocycles. The van der Waals surface area contributed by atoms with Crippen molar-refractivity contribution >= 4 is 0 Å². The number of fused-ring (bicyclic) bond motifs is 1. The monoisotopic (exact) mass is 294 g/mol. The van der Waals surface area contributed by atoms with E-state index in [0.717, 1.165) is 31.1 Å². The largest absolute Gasteiger partial charge is 0.389 e. The van der Waals surface area contributed by atoms with Crippen molar-refractivity contribution in [2.45, 2.75) is 51.8 Å². The molecule has 6 heteroatoms. The van der Waals surface area contributed by atoms with Gasteiger partial charge in [-0.05, 0) is 25.7 Å². The van der Waals surface area contributed by atoms with Crippen LogP contribution < -0.4 is 0 Å². The van der Waals surface area contributed by atoms with Crippen LogP contribution >= 0.6 is 0 Å². The fraction of sp³-hybridized carbons (Fsp3) is 0.867. The Bertz CT molecular complexity index is 470. The van der Waals surface area contributed by atoms with Crippen LogP contribution in [-0.2, 0) is 17.7 Å². The van der Waals surface area contributed by atoms with Gasteiger partial charge in [-0.2, -0.15) is 0 Å². The highest BCUT2D eigenvalue weighted by Gasteiger charge is 2.32. The highest BCUT2D eigenvalue weighted by atomic mass is 16.5. The average molecular weight is 294 g/mol. The first-order valence-corrected chi connectivity index (χ1v) is 8.08. The first kappa shape index (κ1) is 14.9. The summed E-state index contributed by atoms with van der Waals surface area (Å²) < 4.78 is 7.42. The second kappa shape index (κ2) is 6.42. The summed E-state index contributed by atoms with van der Waals surface area (Å²) in [6.45, 7) is 7.74. The van der Waals surface area contributed by atoms with Gasteiger partial charge in [-0.25, -0.2) is 4.68 Å². The molecule has 1 aliphatic carbocycles. The lowest BCUT2D eigenvalue weighted by atomic mass is 9.82. The Balaban J connectivity index is 1.60. The van der Waals surface area contributed by atoms with Gasteiger partial charge in [0.15, 0.2) is 0 Å². The van der Waals surface area contributed by atoms with Gasteiger partial charge in [-0.1, -0.05) is 12.1 Å². The van der Waals surface area contributed by atoms with Crippen molar-refractivity contribution in [3.8, 4) is 0 Å². The summed E-state index contributed by atoms with van der Waals surface area (Å²) in [6, 6.07) is 0.532. The first-order chi connectivity index (χ1) is 10.2. The summed E-state index contributed by atoms with van der Waals surface area (Å²) in [5.74, 6) is 0.808. The molecule has 0 bridgehead atoms. The second-order valence-corrected chi connectivity index (χ2v) is 6.46. The lowest BCUT2D eigenvalue weighted by molar-refractivity contribution is 0.0177. The summed E-state index contributed by atoms with van der Waals surface area (Å²) in [5, 5.41) is 18.7. The van der Waals surface area contributed by atoms with Gasteiger partial charge in [-0.3, -0.25) is 4.90 Å². The number of aliphatic hydroxyl groups is 1. The highest BCUT2D eigenvalue weighted by molar-refractivity contribution is 5.15. The molecule has 1 saturated carbocycles. The number of hydrogen-bond acceptors (Lipinski definition) is 5. The van der Waals surface area contributed by atoms with Crippen molar-refractivity contribution in [2.24, 2.45) is 5.92 Å². The third-order valence-corrected chi connectivity index (χ3v) is 4.59. The Morgan fingerprint density at radius 3 is 2.95 bits per heavy atom. The average Bonchev–Trinajstić information content (AvgIpc) is 2.84. The number of nitrogens with zero attached hydrogens (tertiary/aromatic N) is 4. The molecule has 21 heavy (non-hydrogen) atoms. The number of β-amino-alcohol motifs (C(OH)–C–C–N with tert-alkyl or cyclic N) is 1. The van der Waals surface area contributed by atoms with Gasteiger partial charge in [0.25, 0.3) is 0 Å². The van der Waals surface area contributed by atoms with Gasteiger partial charge in [0, 0.05) is 32.7 Å². The van der Waals surface area contributed by atoms with Crippen LogP contribution in [0.3, 0.4) is 0 Å². The van der Waals surface area contributed by atoms with Crippen LogP contribution in [0, 0.1) is 5.92 Å². The Morgan fingerprint density at radius 1 is 1.43 bits per heavy atom. The van der Waals surface area contributed by atoms with E-state index in [9.17, 15) is 5.11 Å². The molecule has 0 radical (unpaired) electrons. The summed E-state index contributed by atoms with van der Waals surface area (Å²) in [5.41, 5.74) is 2.40. The lowest BCUT2D eigenvalue weighted by Gasteiger charge is -2.35. The summed E-state index contributed by atoms with van der Waals surface area (Å²) in [4.78, 5) is 2.29. The molecule has 3 rings (SSSR count). The van der Waals surface area contributed by atoms with Crippen LogP contribution in [0.1, 0.15) is 44.1 Å². The zero-order chi connectivity index (χ0) is 14.8. The number of aliphatic hydroxyl groups excluding tert-OH is 1. The SMILES string of the molecule is CCOCC(O)CN1CCc2nnn(C3CC(C)C3)c2C1. The topological polar surface area (TPSA) is 63.4 Å². The Morgan fingerprint density at radius 2 is 2.24 bits per heavy atom. The third-order valence-electron chi connectivity index (χ3n) is 4.59. The fourth-order valence-corrected chi connectivity index (χ4v) is 3.37. The molecular weight excluding hydrogens is 268 g/mol. The van der Waals surface area contributed by atoms with Crippen LogP contribution in [0.4, 0.5) is 0 Å². The highest BCUT2D eigenvalue weighted by Crippen LogP contribution is 2.38. The summed E-state index contributed by atoms with van der Waals surface area (Å²) in [7, 11) is 0. The minimum absolute atomic E-state index is 0.414. The standard InChI is InChI=1S/C15H26N4O2/c1-3-21-10-13(20)8-18-5-4-14-15(9-18)19(17-16-14)12-6-11(2)7-12/h11-13,20H,3-10H2,1-2H3. The maximum absolute atomic E-state index is 10.00. The van der Waals surface area contributed by atoms with Crippen molar-refractivity contribution in [1.82, 2.24) is 19.9 Å². The number of aromatic nitrogens is 3. The normalized spacial score (nSPS) is 27.2. The van der Waals surface area contributed by atoms with E-state index in [1.54, 1.807) is 0 Å². The minimum Gasteiger partial charge on any atom is -0.389 e. The number of rotatable bonds is 6. The predicted octanol–water partition coefficient (Wildman–Crippen LogP) is 1.00. The van der Waals surface area contributed by atoms with Gasteiger partial charge in [0.05, 0.1) is 30.1 Å². The van der Waals surface area contributed by atoms with E-state index in [-0.39, 0.29) is 0 Å². The van der Waals surface area contributed by atoms with Crippen LogP contribution in [0.5, 0.6) is 0 Å². The van der Waals surface area contributed by atoms with Gasteiger partial charge < -0.3 is 9.84 Å². The zero-order valence-corrected chi connectivity index (χ0v) is 13.0. The molecule has 0 aromatic carbocycles. The van der Waals surface area contributed by atoms with Gasteiger partial charge in [-0.15, -0.1) is 5.10 Å². The van der Waals surface area contributed by atoms with Gasteiger partial charge >= 0.3 is 0 Å². The van der Waals surface area contributed by atoms with Crippen molar-refractivity contribution in [1.29, 1.82) is 0 Å². The Hall–Kier alpha value is -0.980. The quantitative estimate of drug-likeness (QED) is 0.848. The molecule has 1 unspecified atom stereocenters. The van der Waals surface area contributed by atoms with Crippen LogP contribution in [0.15, 0.2) is 0 Å². The van der Waals surface area contributed by atoms with E-state index in [2.05, 4.69) is 26.8 Å². The van der Waals surface area contributed by atoms with Crippen molar-refractivity contribution in [2.75, 3.05) is 26.3 Å². The molecule has 2 heterocycles. The van der Waals surface area contributed by atoms with Gasteiger partial charge in [0.2, 0.25) is 0 Å². The molecule has 0 amide bonds. The molecule has 1 N–H and O–H groups in total. The lowest BCUT2D eigenvalue weighted by Crippen LogP contribution is -2.39. The maximum Gasteiger partial charge on any atom is 0.0900 e. The number of ether oxygens (including phenoxy) is 1. The Kier molecular flexibility index (Phi) is 4.57. The van der Waals surface area contributed by atoms with E-state index in [0.29, 0.717) is 25.8 Å². The van der Waals surface area contributed by atoms with Crippen LogP contribution in [-0.4, -0.2) is 57.4 Å². The van der Waals surface area contributed by atoms with E-state index < -0.39 is 6.10 Å². The minimum atomic E-state index is -0.417. The summed E-state index contributed by atoms with van der Waals surface area (Å²) in [6.07, 6.45) is 2.93. The van der Waals surface area contributed by atoms with E-state index in [1.807, 2.05) is 6.92 Å². The first-order valence-electron chi connectivity index (χ1n) is 8.08. The van der Waals surface area contributed by atoms with E-state index in [1.165, 1.54) is 18.5 Å². The molecular formula is C15H26N4O2. The van der Waals surface area contributed by atoms with Crippen molar-refractivity contribution < 1.29 is 9.84 Å². The van der Waals surface area contributed by atoms with Gasteiger partial charge in [0.1, 0.15) is 0 Å². The van der Waals surface area contributed by atoms with Crippen molar-refractivity contribution in [3.63, 3.8) is 0 Å². The zero-order valence-electron chi connectivity index (χ0n) is 13.0. The predicted molar refractivity (Wildman–Crippen MR) is 78.9 cm³/mol. The molecule has 1 atom stereocenters. The molecule has 0 saturated heterocycles. The van der Waals surface area contributed by atoms with Crippen LogP contribution in [0.2, 0.25) is 0 Å². The molecule has 118 valence electrons. The molecule has 2 aliphatic rings. The van der Waals surface area contributed by atoms with E-state index >= 15 is 0 Å². The fourth-order valence-electron chi connectivity index (χ4n) is 3.37. The Labute approximate surface area is 126 Å².